The van der Waals surface area contributed by atoms with Gasteiger partial charge in [-0.1, -0.05) is 13.8 Å². The van der Waals surface area contributed by atoms with Gasteiger partial charge in [0.2, 0.25) is 11.8 Å². The summed E-state index contributed by atoms with van der Waals surface area (Å²) in [5.41, 5.74) is 0. The molecule has 2 atom stereocenters. The molecule has 6 heteroatoms. The first-order valence-electron chi connectivity index (χ1n) is 9.11. The van der Waals surface area contributed by atoms with Crippen molar-refractivity contribution in [2.45, 2.75) is 45.2 Å². The van der Waals surface area contributed by atoms with Crippen LogP contribution in [0.25, 0.3) is 0 Å². The molecule has 0 spiro atoms. The minimum absolute atomic E-state index is 0.148. The van der Waals surface area contributed by atoms with E-state index in [-0.39, 0.29) is 23.8 Å². The van der Waals surface area contributed by atoms with E-state index in [2.05, 4.69) is 24.1 Å². The van der Waals surface area contributed by atoms with E-state index in [1.54, 1.807) is 0 Å². The van der Waals surface area contributed by atoms with Crippen molar-refractivity contribution in [3.63, 3.8) is 0 Å². The first kappa shape index (κ1) is 16.7. The molecule has 2 amide bonds. The van der Waals surface area contributed by atoms with Crippen LogP contribution in [0.3, 0.4) is 0 Å². The van der Waals surface area contributed by atoms with Crippen molar-refractivity contribution in [1.29, 1.82) is 0 Å². The highest BCUT2D eigenvalue weighted by molar-refractivity contribution is 5.89. The lowest BCUT2D eigenvalue weighted by Gasteiger charge is -2.35. The minimum Gasteiger partial charge on any atom is -0.339 e. The Morgan fingerprint density at radius 2 is 1.91 bits per heavy atom. The molecule has 3 aliphatic rings. The van der Waals surface area contributed by atoms with Crippen LogP contribution < -0.4 is 5.32 Å². The Labute approximate surface area is 139 Å². The van der Waals surface area contributed by atoms with Crippen LogP contribution in [-0.2, 0) is 9.59 Å². The largest absolute Gasteiger partial charge is 0.339 e. The van der Waals surface area contributed by atoms with Crippen LogP contribution >= 0.6 is 0 Å². The number of likely N-dealkylation sites (tertiary alicyclic amines) is 2. The fourth-order valence-electron chi connectivity index (χ4n) is 4.22. The first-order chi connectivity index (χ1) is 11.1. The molecule has 0 bridgehead atoms. The first-order valence-corrected chi connectivity index (χ1v) is 9.11. The summed E-state index contributed by atoms with van der Waals surface area (Å²) in [6.45, 7) is 10.7. The van der Waals surface area contributed by atoms with Crippen molar-refractivity contribution in [2.75, 3.05) is 45.8 Å². The molecule has 6 nitrogen and oxygen atoms in total. The normalized spacial score (nSPS) is 28.0. The number of hydrogen-bond acceptors (Lipinski definition) is 4. The minimum atomic E-state index is -0.272. The van der Waals surface area contributed by atoms with Gasteiger partial charge in [-0.25, -0.2) is 0 Å². The van der Waals surface area contributed by atoms with Gasteiger partial charge in [0.05, 0.1) is 0 Å². The van der Waals surface area contributed by atoms with E-state index >= 15 is 0 Å². The van der Waals surface area contributed by atoms with Gasteiger partial charge >= 0.3 is 0 Å². The monoisotopic (exact) mass is 322 g/mol. The van der Waals surface area contributed by atoms with E-state index in [0.29, 0.717) is 12.5 Å². The van der Waals surface area contributed by atoms with Crippen molar-refractivity contribution in [2.24, 2.45) is 5.92 Å². The molecular formula is C17H30N4O2. The van der Waals surface area contributed by atoms with Crippen LogP contribution in [0, 0.1) is 5.92 Å². The Balaban J connectivity index is 1.63. The van der Waals surface area contributed by atoms with Gasteiger partial charge in [0, 0.05) is 58.3 Å². The van der Waals surface area contributed by atoms with Crippen molar-refractivity contribution >= 4 is 11.8 Å². The molecule has 3 aliphatic heterocycles. The highest BCUT2D eigenvalue weighted by Gasteiger charge is 2.40. The molecule has 0 aromatic rings. The van der Waals surface area contributed by atoms with Crippen LogP contribution in [0.4, 0.5) is 0 Å². The SMILES string of the molecule is CC(C)C(C(=O)N1CCC(N2CCNCC2)C1)N1CCCC1=O. The summed E-state index contributed by atoms with van der Waals surface area (Å²) in [6.07, 6.45) is 2.54. The maximum absolute atomic E-state index is 13.0. The third kappa shape index (κ3) is 3.53. The lowest BCUT2D eigenvalue weighted by molar-refractivity contribution is -0.144. The number of rotatable bonds is 4. The average molecular weight is 322 g/mol. The highest BCUT2D eigenvalue weighted by atomic mass is 16.2. The Bertz CT molecular complexity index is 448. The van der Waals surface area contributed by atoms with E-state index < -0.39 is 0 Å². The van der Waals surface area contributed by atoms with E-state index in [1.807, 2.05) is 9.80 Å². The molecule has 0 radical (unpaired) electrons. The zero-order valence-corrected chi connectivity index (χ0v) is 14.5. The fraction of sp³-hybridized carbons (Fsp3) is 0.882. The molecule has 0 saturated carbocycles. The molecule has 0 aromatic carbocycles. The molecule has 3 rings (SSSR count). The Hall–Kier alpha value is -1.14. The van der Waals surface area contributed by atoms with Crippen LogP contribution in [0.2, 0.25) is 0 Å². The summed E-state index contributed by atoms with van der Waals surface area (Å²) in [7, 11) is 0. The van der Waals surface area contributed by atoms with Gasteiger partial charge in [0.15, 0.2) is 0 Å². The second-order valence-corrected chi connectivity index (χ2v) is 7.39. The quantitative estimate of drug-likeness (QED) is 0.800. The molecule has 0 aliphatic carbocycles. The Kier molecular flexibility index (Phi) is 5.21. The van der Waals surface area contributed by atoms with Gasteiger partial charge in [-0.05, 0) is 18.8 Å². The summed E-state index contributed by atoms with van der Waals surface area (Å²) >= 11 is 0. The van der Waals surface area contributed by atoms with Gasteiger partial charge in [0.1, 0.15) is 6.04 Å². The van der Waals surface area contributed by atoms with Crippen LogP contribution in [0.1, 0.15) is 33.1 Å². The molecule has 130 valence electrons. The summed E-state index contributed by atoms with van der Waals surface area (Å²) < 4.78 is 0. The molecule has 3 heterocycles. The number of carbonyl (C=O) groups excluding carboxylic acids is 2. The third-order valence-electron chi connectivity index (χ3n) is 5.47. The van der Waals surface area contributed by atoms with Crippen LogP contribution in [0.15, 0.2) is 0 Å². The fourth-order valence-corrected chi connectivity index (χ4v) is 4.22. The lowest BCUT2D eigenvalue weighted by atomic mass is 10.0. The van der Waals surface area contributed by atoms with Crippen molar-refractivity contribution in [3.8, 4) is 0 Å². The Morgan fingerprint density at radius 1 is 1.17 bits per heavy atom. The second-order valence-electron chi connectivity index (χ2n) is 7.39. The van der Waals surface area contributed by atoms with Gasteiger partial charge < -0.3 is 15.1 Å². The summed E-state index contributed by atoms with van der Waals surface area (Å²) in [5.74, 6) is 0.477. The Morgan fingerprint density at radius 3 is 2.52 bits per heavy atom. The zero-order chi connectivity index (χ0) is 16.4. The van der Waals surface area contributed by atoms with Gasteiger partial charge in [-0.15, -0.1) is 0 Å². The topological polar surface area (TPSA) is 55.9 Å². The van der Waals surface area contributed by atoms with Gasteiger partial charge in [0.25, 0.3) is 0 Å². The van der Waals surface area contributed by atoms with E-state index in [4.69, 9.17) is 0 Å². The van der Waals surface area contributed by atoms with E-state index in [0.717, 1.165) is 58.7 Å². The molecule has 2 unspecified atom stereocenters. The number of carbonyl (C=O) groups is 2. The third-order valence-corrected chi connectivity index (χ3v) is 5.47. The van der Waals surface area contributed by atoms with Gasteiger partial charge in [-0.3, -0.25) is 14.5 Å². The highest BCUT2D eigenvalue weighted by Crippen LogP contribution is 2.24. The molecule has 3 fully saturated rings. The standard InChI is InChI=1S/C17H30N4O2/c1-13(2)16(21-8-3-4-15(21)22)17(23)20-9-5-14(12-20)19-10-6-18-7-11-19/h13-14,16,18H,3-12H2,1-2H3. The second kappa shape index (κ2) is 7.18. The number of nitrogens with one attached hydrogen (secondary N) is 1. The summed E-state index contributed by atoms with van der Waals surface area (Å²) in [6, 6.07) is 0.218. The van der Waals surface area contributed by atoms with Crippen LogP contribution in [-0.4, -0.2) is 84.4 Å². The molecule has 23 heavy (non-hydrogen) atoms. The predicted molar refractivity (Wildman–Crippen MR) is 89.0 cm³/mol. The zero-order valence-electron chi connectivity index (χ0n) is 14.5. The van der Waals surface area contributed by atoms with Crippen molar-refractivity contribution < 1.29 is 9.59 Å². The van der Waals surface area contributed by atoms with Crippen LogP contribution in [0.5, 0.6) is 0 Å². The van der Waals surface area contributed by atoms with E-state index in [1.165, 1.54) is 0 Å². The molecule has 0 aromatic heterocycles. The van der Waals surface area contributed by atoms with Crippen molar-refractivity contribution in [3.05, 3.63) is 0 Å². The summed E-state index contributed by atoms with van der Waals surface area (Å²) in [4.78, 5) is 31.5. The maximum atomic E-state index is 13.0. The maximum Gasteiger partial charge on any atom is 0.245 e. The predicted octanol–water partition coefficient (Wildman–Crippen LogP) is 0.140. The van der Waals surface area contributed by atoms with Crippen molar-refractivity contribution in [1.82, 2.24) is 20.0 Å². The molecule has 3 saturated heterocycles. The molecular weight excluding hydrogens is 292 g/mol. The summed E-state index contributed by atoms with van der Waals surface area (Å²) in [5, 5.41) is 3.38. The smallest absolute Gasteiger partial charge is 0.245 e. The average Bonchev–Trinajstić information content (AvgIpc) is 3.18. The van der Waals surface area contributed by atoms with Gasteiger partial charge in [-0.2, -0.15) is 0 Å². The number of piperazine rings is 1. The number of nitrogens with zero attached hydrogens (tertiary/aromatic N) is 3. The van der Waals surface area contributed by atoms with E-state index in [9.17, 15) is 9.59 Å². The lowest BCUT2D eigenvalue weighted by Crippen LogP contribution is -2.53. The number of hydrogen-bond donors (Lipinski definition) is 1. The number of amides is 2. The molecule has 1 N–H and O–H groups in total.